The van der Waals surface area contributed by atoms with Gasteiger partial charge in [-0.15, -0.1) is 6.42 Å². The lowest BCUT2D eigenvalue weighted by Crippen LogP contribution is -2.51. The van der Waals surface area contributed by atoms with Crippen LogP contribution in [0.4, 0.5) is 14.6 Å². The summed E-state index contributed by atoms with van der Waals surface area (Å²) < 4.78 is 50.3. The Hall–Kier alpha value is -4.24. The third-order valence-corrected chi connectivity index (χ3v) is 12.1. The molecule has 11 heteroatoms. The molecule has 1 aromatic heterocycles. The number of nitrogens with one attached hydrogen (secondary N) is 1. The van der Waals surface area contributed by atoms with Crippen molar-refractivity contribution in [3.63, 3.8) is 0 Å². The molecule has 5 fully saturated rings. The van der Waals surface area contributed by atoms with Crippen molar-refractivity contribution in [3.8, 4) is 41.0 Å². The number of hydrogen-bond donors (Lipinski definition) is 2. The van der Waals surface area contributed by atoms with Crippen LogP contribution >= 0.6 is 0 Å². The fourth-order valence-electron chi connectivity index (χ4n) is 9.21. The largest absolute Gasteiger partial charge is 0.508 e. The van der Waals surface area contributed by atoms with Gasteiger partial charge in [0, 0.05) is 73.2 Å². The van der Waals surface area contributed by atoms with Gasteiger partial charge in [0.2, 0.25) is 0 Å². The Morgan fingerprint density at radius 1 is 1.06 bits per heavy atom. The zero-order chi connectivity index (χ0) is 34.9. The molecule has 1 saturated carbocycles. The minimum absolute atomic E-state index is 0.0170. The number of halogens is 2. The molecule has 4 aromatic rings. The van der Waals surface area contributed by atoms with Gasteiger partial charge in [0.15, 0.2) is 5.82 Å². The summed E-state index contributed by atoms with van der Waals surface area (Å²) in [5, 5.41) is 15.7. The maximum atomic E-state index is 17.3. The summed E-state index contributed by atoms with van der Waals surface area (Å²) in [6.45, 7) is 6.76. The number of benzene rings is 3. The number of methoxy groups -OCH3 is 1. The lowest BCUT2D eigenvalue weighted by atomic mass is 9.80. The molecule has 9 nitrogen and oxygen atoms in total. The van der Waals surface area contributed by atoms with Gasteiger partial charge >= 0.3 is 6.01 Å². The van der Waals surface area contributed by atoms with Gasteiger partial charge in [-0.05, 0) is 86.6 Å². The predicted molar refractivity (Wildman–Crippen MR) is 191 cm³/mol. The molecule has 1 spiro atoms. The van der Waals surface area contributed by atoms with E-state index in [0.717, 1.165) is 84.5 Å². The van der Waals surface area contributed by atoms with Crippen molar-refractivity contribution in [3.05, 3.63) is 47.5 Å². The molecule has 3 aromatic carbocycles. The van der Waals surface area contributed by atoms with Crippen LogP contribution in [0.2, 0.25) is 0 Å². The molecule has 4 aliphatic heterocycles. The second kappa shape index (κ2) is 12.5. The highest BCUT2D eigenvalue weighted by atomic mass is 19.1. The first kappa shape index (κ1) is 32.7. The Morgan fingerprint density at radius 2 is 1.84 bits per heavy atom. The van der Waals surface area contributed by atoms with Crippen molar-refractivity contribution in [2.75, 3.05) is 64.6 Å². The molecule has 5 heterocycles. The molecule has 2 N–H and O–H groups in total. The fraction of sp³-hybridized carbons (Fsp3) is 0.500. The Balaban J connectivity index is 1.12. The Bertz CT molecular complexity index is 2060. The van der Waals surface area contributed by atoms with Crippen LogP contribution in [0.15, 0.2) is 30.3 Å². The zero-order valence-corrected chi connectivity index (χ0v) is 28.9. The number of ether oxygens (including phenoxy) is 3. The molecule has 1 aliphatic carbocycles. The van der Waals surface area contributed by atoms with Gasteiger partial charge in [-0.2, -0.15) is 9.97 Å². The Morgan fingerprint density at radius 3 is 2.57 bits per heavy atom. The molecule has 51 heavy (non-hydrogen) atoms. The minimum atomic E-state index is -0.685. The highest BCUT2D eigenvalue weighted by Crippen LogP contribution is 2.50. The van der Waals surface area contributed by atoms with E-state index in [1.807, 2.05) is 0 Å². The van der Waals surface area contributed by atoms with Crippen molar-refractivity contribution in [2.45, 2.75) is 57.0 Å². The summed E-state index contributed by atoms with van der Waals surface area (Å²) >= 11 is 0. The predicted octanol–water partition coefficient (Wildman–Crippen LogP) is 6.03. The maximum Gasteiger partial charge on any atom is 0.319 e. The summed E-state index contributed by atoms with van der Waals surface area (Å²) in [7, 11) is 1.46. The molecule has 5 aliphatic rings. The number of rotatable bonds is 8. The number of piperazine rings is 1. The van der Waals surface area contributed by atoms with Gasteiger partial charge in [0.05, 0.1) is 24.8 Å². The maximum absolute atomic E-state index is 17.3. The number of aromatic hydroxyl groups is 1. The van der Waals surface area contributed by atoms with E-state index in [-0.39, 0.29) is 45.1 Å². The van der Waals surface area contributed by atoms with Gasteiger partial charge in [-0.3, -0.25) is 0 Å². The molecule has 4 saturated heterocycles. The van der Waals surface area contributed by atoms with Crippen LogP contribution in [0.3, 0.4) is 0 Å². The van der Waals surface area contributed by atoms with Crippen molar-refractivity contribution >= 4 is 27.5 Å². The van der Waals surface area contributed by atoms with Crippen molar-refractivity contribution < 1.29 is 28.1 Å². The van der Waals surface area contributed by atoms with E-state index in [1.54, 1.807) is 6.07 Å². The molecule has 266 valence electrons. The number of fused-ring (bicyclic) bond motifs is 4. The Labute approximate surface area is 296 Å². The smallest absolute Gasteiger partial charge is 0.319 e. The highest BCUT2D eigenvalue weighted by Gasteiger charge is 2.48. The summed E-state index contributed by atoms with van der Waals surface area (Å²) in [6.07, 6.45) is 13.5. The first-order chi connectivity index (χ1) is 24.8. The van der Waals surface area contributed by atoms with E-state index in [2.05, 4.69) is 21.0 Å². The molecule has 0 amide bonds. The van der Waals surface area contributed by atoms with E-state index in [4.69, 9.17) is 30.6 Å². The lowest BCUT2D eigenvalue weighted by Gasteiger charge is -2.34. The second-order valence-electron chi connectivity index (χ2n) is 15.6. The summed E-state index contributed by atoms with van der Waals surface area (Å²) in [5.41, 5.74) is 0.669. The van der Waals surface area contributed by atoms with E-state index in [9.17, 15) is 5.11 Å². The van der Waals surface area contributed by atoms with Crippen LogP contribution in [0, 0.1) is 34.8 Å². The van der Waals surface area contributed by atoms with Crippen LogP contribution in [0.5, 0.6) is 17.5 Å². The highest BCUT2D eigenvalue weighted by molar-refractivity contribution is 6.05. The number of aromatic nitrogens is 2. The number of hydrogen-bond acceptors (Lipinski definition) is 9. The Kier molecular flexibility index (Phi) is 7.98. The molecule has 2 atom stereocenters. The summed E-state index contributed by atoms with van der Waals surface area (Å²) in [6, 6.07) is 8.13. The first-order valence-electron chi connectivity index (χ1n) is 18.2. The fourth-order valence-corrected chi connectivity index (χ4v) is 9.21. The van der Waals surface area contributed by atoms with Crippen LogP contribution in [0.25, 0.3) is 32.8 Å². The number of anilines is 1. The van der Waals surface area contributed by atoms with Crippen LogP contribution in [0.1, 0.15) is 50.5 Å². The summed E-state index contributed by atoms with van der Waals surface area (Å²) in [4.78, 5) is 14.5. The topological polar surface area (TPSA) is 92.2 Å². The number of terminal acetylenes is 1. The van der Waals surface area contributed by atoms with Gasteiger partial charge in [-0.1, -0.05) is 12.0 Å². The standard InChI is InChI=1S/C40H43F2N5O4/c1-3-28-31(41)7-4-24-16-27(48)17-29(33(24)28)34-32(49-2)18-30-36(35(34)42)44-38(45-37(30)47-19-25-5-6-26(20-47)43-25)51-23-40(8-9-40)22-46-13-10-39(21-46)11-14-50-15-12-39/h1,4,7,16-18,25-26,43,48H,5-6,8-15,19-23H2,2H3. The van der Waals surface area contributed by atoms with E-state index in [1.165, 1.54) is 37.8 Å². The molecule has 2 unspecified atom stereocenters. The molecular formula is C40H43F2N5O4. The van der Waals surface area contributed by atoms with E-state index < -0.39 is 11.6 Å². The lowest BCUT2D eigenvalue weighted by molar-refractivity contribution is 0.0179. The van der Waals surface area contributed by atoms with Crippen LogP contribution in [-0.2, 0) is 4.74 Å². The number of likely N-dealkylation sites (tertiary alicyclic amines) is 1. The third-order valence-electron chi connectivity index (χ3n) is 12.1. The normalized spacial score (nSPS) is 23.6. The SMILES string of the molecule is C#Cc1c(F)ccc2cc(O)cc(-c3c(OC)cc4c(N5CC6CCC(C5)N6)nc(OCC5(CN6CCC7(CCOCC7)C6)CC5)nc4c3F)c12. The molecular weight excluding hydrogens is 652 g/mol. The quantitative estimate of drug-likeness (QED) is 0.215. The number of phenols is 1. The van der Waals surface area contributed by atoms with Gasteiger partial charge in [-0.25, -0.2) is 8.78 Å². The third kappa shape index (κ3) is 5.81. The van der Waals surface area contributed by atoms with E-state index >= 15 is 8.78 Å². The summed E-state index contributed by atoms with van der Waals surface area (Å²) in [5.74, 6) is 1.80. The van der Waals surface area contributed by atoms with Crippen LogP contribution < -0.4 is 19.7 Å². The monoisotopic (exact) mass is 695 g/mol. The van der Waals surface area contributed by atoms with Crippen molar-refractivity contribution in [2.24, 2.45) is 10.8 Å². The zero-order valence-electron chi connectivity index (χ0n) is 28.9. The van der Waals surface area contributed by atoms with Gasteiger partial charge in [0.25, 0.3) is 0 Å². The average Bonchev–Trinajstić information content (AvgIpc) is 3.68. The minimum Gasteiger partial charge on any atom is -0.508 e. The average molecular weight is 696 g/mol. The van der Waals surface area contributed by atoms with Gasteiger partial charge < -0.3 is 34.4 Å². The van der Waals surface area contributed by atoms with Crippen molar-refractivity contribution in [1.82, 2.24) is 20.2 Å². The number of phenolic OH excluding ortho intramolecular Hbond substituents is 1. The van der Waals surface area contributed by atoms with Gasteiger partial charge in [0.1, 0.15) is 28.7 Å². The van der Waals surface area contributed by atoms with E-state index in [0.29, 0.717) is 46.1 Å². The second-order valence-corrected chi connectivity index (χ2v) is 15.6. The van der Waals surface area contributed by atoms with Crippen molar-refractivity contribution in [1.29, 1.82) is 0 Å². The van der Waals surface area contributed by atoms with Crippen LogP contribution in [-0.4, -0.2) is 91.7 Å². The molecule has 0 radical (unpaired) electrons. The number of nitrogens with zero attached hydrogens (tertiary/aromatic N) is 4. The molecule has 9 rings (SSSR count). The first-order valence-corrected chi connectivity index (χ1v) is 18.2. The molecule has 2 bridgehead atoms.